The molecule has 2 rings (SSSR count). The van der Waals surface area contributed by atoms with E-state index in [0.29, 0.717) is 48.2 Å². The van der Waals surface area contributed by atoms with Crippen LogP contribution in [0.15, 0.2) is 71.2 Å². The lowest BCUT2D eigenvalue weighted by molar-refractivity contribution is -0.181. The van der Waals surface area contributed by atoms with Gasteiger partial charge in [-0.05, 0) is 69.5 Å². The van der Waals surface area contributed by atoms with Crippen molar-refractivity contribution in [3.8, 4) is 17.1 Å². The Kier molecular flexibility index (Phi) is 19.1. The van der Waals surface area contributed by atoms with Gasteiger partial charge in [-0.1, -0.05) is 64.0 Å². The van der Waals surface area contributed by atoms with E-state index in [0.717, 1.165) is 24.8 Å². The molecule has 0 saturated heterocycles. The van der Waals surface area contributed by atoms with E-state index in [-0.39, 0.29) is 18.3 Å². The smallest absolute Gasteiger partial charge is 0.288 e. The molecular weight excluding hydrogens is 593 g/mol. The predicted octanol–water partition coefficient (Wildman–Crippen LogP) is 6.05. The Hall–Kier alpha value is -3.72. The van der Waals surface area contributed by atoms with Crippen LogP contribution in [0, 0.1) is 5.92 Å². The van der Waals surface area contributed by atoms with Crippen LogP contribution >= 0.6 is 8.81 Å². The molecule has 3 atom stereocenters. The lowest BCUT2D eigenvalue weighted by Crippen LogP contribution is -2.48. The van der Waals surface area contributed by atoms with Crippen LogP contribution in [0.25, 0.3) is 11.3 Å². The van der Waals surface area contributed by atoms with Crippen molar-refractivity contribution < 1.29 is 33.3 Å². The van der Waals surface area contributed by atoms with Gasteiger partial charge < -0.3 is 24.7 Å². The fourth-order valence-corrected chi connectivity index (χ4v) is 5.03. The fourth-order valence-electron chi connectivity index (χ4n) is 4.60. The number of hydroxylamine groups is 2. The van der Waals surface area contributed by atoms with Gasteiger partial charge in [0.2, 0.25) is 12.3 Å². The number of hydrogen-bond donors (Lipinski definition) is 3. The van der Waals surface area contributed by atoms with Gasteiger partial charge in [-0.2, -0.15) is 0 Å². The third-order valence-corrected chi connectivity index (χ3v) is 7.52. The number of carbonyl (C=O) groups is 3. The van der Waals surface area contributed by atoms with E-state index in [1.807, 2.05) is 39.8 Å². The summed E-state index contributed by atoms with van der Waals surface area (Å²) < 4.78 is 11.3. The number of amides is 3. The van der Waals surface area contributed by atoms with Crippen molar-refractivity contribution in [2.45, 2.75) is 72.8 Å². The Balaban J connectivity index is 0.00000111. The predicted molar refractivity (Wildman–Crippen MR) is 181 cm³/mol. The van der Waals surface area contributed by atoms with E-state index in [9.17, 15) is 19.3 Å². The Morgan fingerprint density at radius 3 is 2.31 bits per heavy atom. The molecule has 3 amide bonds. The van der Waals surface area contributed by atoms with E-state index >= 15 is 0 Å². The molecule has 45 heavy (non-hydrogen) atoms. The fraction of sp³-hybridized carbons (Fsp3) is 0.441. The topological polar surface area (TPSA) is 130 Å². The molecule has 10 nitrogen and oxygen atoms in total. The third-order valence-electron chi connectivity index (χ3n) is 6.97. The van der Waals surface area contributed by atoms with Gasteiger partial charge >= 0.3 is 0 Å². The van der Waals surface area contributed by atoms with Crippen LogP contribution in [-0.4, -0.2) is 54.6 Å². The van der Waals surface area contributed by atoms with Crippen LogP contribution in [0.1, 0.15) is 77.3 Å². The minimum atomic E-state index is -0.488. The van der Waals surface area contributed by atoms with Crippen LogP contribution in [0.4, 0.5) is 0 Å². The Morgan fingerprint density at radius 2 is 1.80 bits per heavy atom. The Labute approximate surface area is 269 Å². The summed E-state index contributed by atoms with van der Waals surface area (Å²) in [5.74, 6) is -0.104. The van der Waals surface area contributed by atoms with Gasteiger partial charge in [0.1, 0.15) is 11.5 Å². The Morgan fingerprint density at radius 1 is 1.09 bits per heavy atom. The van der Waals surface area contributed by atoms with Gasteiger partial charge in [0, 0.05) is 19.7 Å². The highest BCUT2D eigenvalue weighted by molar-refractivity contribution is 7.40. The highest BCUT2D eigenvalue weighted by atomic mass is 31.1. The molecule has 3 N–H and O–H groups in total. The third kappa shape index (κ3) is 13.0. The van der Waals surface area contributed by atoms with E-state index < -0.39 is 26.7 Å². The second kappa shape index (κ2) is 21.9. The molecule has 3 unspecified atom stereocenters. The Bertz CT molecular complexity index is 1260. The molecule has 1 heterocycles. The largest absolute Gasteiger partial charge is 0.494 e. The summed E-state index contributed by atoms with van der Waals surface area (Å²) in [7, 11) is 0.990. The monoisotopic (exact) mass is 643 g/mol. The summed E-state index contributed by atoms with van der Waals surface area (Å²) in [5.41, 5.74) is 3.06. The number of hydrogen-bond acceptors (Lipinski definition) is 7. The standard InChI is InChI=1S/C26H38N3O7P.C8H12/c1-5-8-9-10-21(22(6-2)29(17-30)34-4)25(31)27-16-28-26(32)24-12-11-23(36-24)18-13-19(35-7-3)15-20(14-18)37-33;1-5-8(6-2)7(3)4/h11-15,17,21-22,33,37H,5-10,16H2,1-4H3,(H,27,31)(H,28,32);5-6H,1-2H2,3-4H3. The number of benzene rings is 1. The molecule has 1 aromatic heterocycles. The first-order chi connectivity index (χ1) is 21.6. The van der Waals surface area contributed by atoms with Crippen LogP contribution in [0.2, 0.25) is 0 Å². The number of carbonyl (C=O) groups excluding carboxylic acids is 3. The number of nitrogens with zero attached hydrogens (tertiary/aromatic N) is 1. The first-order valence-electron chi connectivity index (χ1n) is 15.2. The van der Waals surface area contributed by atoms with Crippen molar-refractivity contribution in [1.29, 1.82) is 0 Å². The second-order valence-electron chi connectivity index (χ2n) is 10.3. The average Bonchev–Trinajstić information content (AvgIpc) is 3.54. The maximum Gasteiger partial charge on any atom is 0.288 e. The molecule has 2 aromatic rings. The zero-order valence-corrected chi connectivity index (χ0v) is 28.5. The zero-order valence-electron chi connectivity index (χ0n) is 27.5. The van der Waals surface area contributed by atoms with Gasteiger partial charge in [0.25, 0.3) is 5.91 Å². The van der Waals surface area contributed by atoms with Crippen molar-refractivity contribution in [2.24, 2.45) is 5.92 Å². The second-order valence-corrected chi connectivity index (χ2v) is 11.1. The molecule has 0 radical (unpaired) electrons. The van der Waals surface area contributed by atoms with Gasteiger partial charge in [0.15, 0.2) is 5.76 Å². The first kappa shape index (κ1) is 39.3. The summed E-state index contributed by atoms with van der Waals surface area (Å²) in [6, 6.07) is 8.09. The minimum Gasteiger partial charge on any atom is -0.494 e. The number of unbranched alkanes of at least 4 members (excludes halogenated alkanes) is 2. The van der Waals surface area contributed by atoms with Crippen LogP contribution in [0.5, 0.6) is 5.75 Å². The zero-order chi connectivity index (χ0) is 33.8. The van der Waals surface area contributed by atoms with Crippen molar-refractivity contribution >= 4 is 32.3 Å². The normalized spacial score (nSPS) is 11.9. The molecule has 0 fully saturated rings. The number of nitrogens with one attached hydrogen (secondary N) is 2. The summed E-state index contributed by atoms with van der Waals surface area (Å²) >= 11 is 0. The lowest BCUT2D eigenvalue weighted by Gasteiger charge is -2.31. The number of ether oxygens (including phenoxy) is 1. The van der Waals surface area contributed by atoms with Gasteiger partial charge in [-0.25, -0.2) is 5.06 Å². The van der Waals surface area contributed by atoms with Gasteiger partial charge in [-0.3, -0.25) is 19.2 Å². The highest BCUT2D eigenvalue weighted by Crippen LogP contribution is 2.27. The van der Waals surface area contributed by atoms with Gasteiger partial charge in [0.05, 0.1) is 32.3 Å². The maximum atomic E-state index is 13.0. The molecule has 0 aliphatic rings. The van der Waals surface area contributed by atoms with E-state index in [2.05, 4.69) is 30.7 Å². The molecule has 0 aliphatic carbocycles. The number of allylic oxidation sites excluding steroid dienone is 4. The number of rotatable bonds is 19. The molecule has 0 spiro atoms. The average molecular weight is 644 g/mol. The van der Waals surface area contributed by atoms with E-state index in [4.69, 9.17) is 14.0 Å². The van der Waals surface area contributed by atoms with Crippen LogP contribution < -0.4 is 20.7 Å². The summed E-state index contributed by atoms with van der Waals surface area (Å²) in [4.78, 5) is 51.8. The maximum absolute atomic E-state index is 13.0. The molecule has 248 valence electrons. The molecular formula is C34H50N3O7P. The molecule has 0 bridgehead atoms. The SMILES string of the molecule is C=CC(C=C)=C(C)C.CCCCCC(C(=O)NCNC(=O)c1ccc(-c2cc(OCC)cc(PO)c2)o1)C(CC)N(C=O)OC. The number of furan rings is 1. The van der Waals surface area contributed by atoms with Gasteiger partial charge in [-0.15, -0.1) is 0 Å². The quantitative estimate of drug-likeness (QED) is 0.0424. The van der Waals surface area contributed by atoms with E-state index in [1.54, 1.807) is 30.3 Å². The summed E-state index contributed by atoms with van der Waals surface area (Å²) in [5, 5.41) is 7.25. The first-order valence-corrected chi connectivity index (χ1v) is 16.1. The van der Waals surface area contributed by atoms with Crippen molar-refractivity contribution in [3.05, 3.63) is 72.5 Å². The molecule has 11 heteroatoms. The lowest BCUT2D eigenvalue weighted by atomic mass is 9.90. The minimum absolute atomic E-state index is 0.0801. The van der Waals surface area contributed by atoms with Crippen LogP contribution in [0.3, 0.4) is 0 Å². The molecule has 0 aliphatic heterocycles. The highest BCUT2D eigenvalue weighted by Gasteiger charge is 2.31. The van der Waals surface area contributed by atoms with Crippen LogP contribution in [-0.2, 0) is 14.4 Å². The van der Waals surface area contributed by atoms with Crippen molar-refractivity contribution in [2.75, 3.05) is 20.4 Å². The molecule has 0 saturated carbocycles. The summed E-state index contributed by atoms with van der Waals surface area (Å²) in [6.45, 7) is 17.5. The summed E-state index contributed by atoms with van der Waals surface area (Å²) in [6.07, 6.45) is 8.15. The molecule has 1 aromatic carbocycles. The van der Waals surface area contributed by atoms with Crippen molar-refractivity contribution in [1.82, 2.24) is 15.7 Å². The van der Waals surface area contributed by atoms with E-state index in [1.165, 1.54) is 17.7 Å². The van der Waals surface area contributed by atoms with Crippen molar-refractivity contribution in [3.63, 3.8) is 0 Å².